The van der Waals surface area contributed by atoms with E-state index in [0.29, 0.717) is 18.5 Å². The summed E-state index contributed by atoms with van der Waals surface area (Å²) in [5, 5.41) is 10.6. The third kappa shape index (κ3) is 2.07. The van der Waals surface area contributed by atoms with Gasteiger partial charge in [-0.25, -0.2) is 0 Å². The standard InChI is InChI=1S/C21H23N3/c1-3-11-23-12-6-8-15-16-7-5-9-19-21(16)17(14-20(15)23)18(4-2)24(19)13-10-22/h3-5,7,9,15,20H,1-2,6,8,11-14H2/t15-,20-/m1/s1. The lowest BCUT2D eigenvalue weighted by atomic mass is 9.74. The van der Waals surface area contributed by atoms with Crippen molar-refractivity contribution < 1.29 is 0 Å². The van der Waals surface area contributed by atoms with Crippen LogP contribution in [0.15, 0.2) is 37.4 Å². The third-order valence-corrected chi connectivity index (χ3v) is 5.76. The number of hydrogen-bond donors (Lipinski definition) is 0. The summed E-state index contributed by atoms with van der Waals surface area (Å²) in [6.07, 6.45) is 7.49. The van der Waals surface area contributed by atoms with Crippen molar-refractivity contribution in [1.29, 1.82) is 5.26 Å². The highest BCUT2D eigenvalue weighted by Gasteiger charge is 2.38. The van der Waals surface area contributed by atoms with E-state index in [-0.39, 0.29) is 0 Å². The first-order chi connectivity index (χ1) is 11.8. The highest BCUT2D eigenvalue weighted by molar-refractivity contribution is 5.92. The Balaban J connectivity index is 1.94. The Labute approximate surface area is 143 Å². The summed E-state index contributed by atoms with van der Waals surface area (Å²) in [6, 6.07) is 9.44. The molecule has 1 aromatic heterocycles. The predicted octanol–water partition coefficient (Wildman–Crippen LogP) is 4.10. The Morgan fingerprint density at radius 3 is 2.96 bits per heavy atom. The van der Waals surface area contributed by atoms with E-state index in [0.717, 1.165) is 25.2 Å². The second-order valence-electron chi connectivity index (χ2n) is 6.86. The molecule has 3 nitrogen and oxygen atoms in total. The van der Waals surface area contributed by atoms with Gasteiger partial charge in [-0.3, -0.25) is 4.90 Å². The molecule has 3 heteroatoms. The van der Waals surface area contributed by atoms with Crippen LogP contribution in [0.4, 0.5) is 0 Å². The quantitative estimate of drug-likeness (QED) is 0.795. The number of aromatic nitrogens is 1. The van der Waals surface area contributed by atoms with Crippen LogP contribution in [0.2, 0.25) is 0 Å². The number of fused-ring (bicyclic) bond motifs is 2. The molecule has 1 aliphatic carbocycles. The maximum atomic E-state index is 9.26. The Bertz CT molecular complexity index is 852. The minimum atomic E-state index is 0.382. The van der Waals surface area contributed by atoms with Gasteiger partial charge in [0.15, 0.2) is 0 Å². The molecule has 0 bridgehead atoms. The maximum absolute atomic E-state index is 9.26. The van der Waals surface area contributed by atoms with E-state index in [1.165, 1.54) is 34.9 Å². The summed E-state index contributed by atoms with van der Waals surface area (Å²) in [4.78, 5) is 2.58. The smallest absolute Gasteiger partial charge is 0.110 e. The first kappa shape index (κ1) is 15.2. The van der Waals surface area contributed by atoms with Crippen molar-refractivity contribution in [3.8, 4) is 6.07 Å². The fraction of sp³-hybridized carbons (Fsp3) is 0.381. The first-order valence-corrected chi connectivity index (χ1v) is 8.78. The number of nitrogens with zero attached hydrogens (tertiary/aromatic N) is 3. The molecule has 0 spiro atoms. The van der Waals surface area contributed by atoms with E-state index in [1.54, 1.807) is 0 Å². The Morgan fingerprint density at radius 2 is 2.21 bits per heavy atom. The molecule has 0 radical (unpaired) electrons. The van der Waals surface area contributed by atoms with Crippen LogP contribution in [0.5, 0.6) is 0 Å². The van der Waals surface area contributed by atoms with Gasteiger partial charge in [-0.2, -0.15) is 5.26 Å². The molecule has 2 aromatic rings. The largest absolute Gasteiger partial charge is 0.327 e. The number of nitriles is 1. The fourth-order valence-electron chi connectivity index (χ4n) is 4.88. The van der Waals surface area contributed by atoms with Gasteiger partial charge in [-0.1, -0.05) is 24.8 Å². The molecule has 4 rings (SSSR count). The zero-order valence-corrected chi connectivity index (χ0v) is 14.0. The summed E-state index contributed by atoms with van der Waals surface area (Å²) in [5.41, 5.74) is 5.16. The van der Waals surface area contributed by atoms with Gasteiger partial charge >= 0.3 is 0 Å². The van der Waals surface area contributed by atoms with E-state index in [9.17, 15) is 5.26 Å². The number of rotatable bonds is 4. The van der Waals surface area contributed by atoms with Crippen molar-refractivity contribution in [2.45, 2.75) is 37.8 Å². The second-order valence-corrected chi connectivity index (χ2v) is 6.86. The summed E-state index contributed by atoms with van der Waals surface area (Å²) < 4.78 is 2.14. The summed E-state index contributed by atoms with van der Waals surface area (Å²) in [5.74, 6) is 0.588. The van der Waals surface area contributed by atoms with Gasteiger partial charge in [-0.15, -0.1) is 6.58 Å². The van der Waals surface area contributed by atoms with Crippen LogP contribution in [0.25, 0.3) is 17.0 Å². The molecule has 0 amide bonds. The van der Waals surface area contributed by atoms with Crippen LogP contribution in [-0.4, -0.2) is 28.6 Å². The number of piperidine rings is 1. The monoisotopic (exact) mass is 317 g/mol. The lowest BCUT2D eigenvalue weighted by Crippen LogP contribution is -2.46. The predicted molar refractivity (Wildman–Crippen MR) is 98.9 cm³/mol. The van der Waals surface area contributed by atoms with Crippen LogP contribution < -0.4 is 0 Å². The molecule has 24 heavy (non-hydrogen) atoms. The van der Waals surface area contributed by atoms with E-state index in [4.69, 9.17) is 0 Å². The molecule has 0 saturated carbocycles. The van der Waals surface area contributed by atoms with E-state index in [1.807, 2.05) is 12.2 Å². The SMILES string of the molecule is C=CCN1CCC[C@@H]2c3cccc4c3c(c(C=C)n4CC#N)C[C@H]21. The summed E-state index contributed by atoms with van der Waals surface area (Å²) in [7, 11) is 0. The molecule has 2 atom stereocenters. The molecule has 1 aliphatic heterocycles. The average Bonchev–Trinajstić information content (AvgIpc) is 2.91. The summed E-state index contributed by atoms with van der Waals surface area (Å²) in [6.45, 7) is 10.5. The van der Waals surface area contributed by atoms with Gasteiger partial charge in [0.25, 0.3) is 0 Å². The Morgan fingerprint density at radius 1 is 1.33 bits per heavy atom. The van der Waals surface area contributed by atoms with Crippen molar-refractivity contribution in [2.24, 2.45) is 0 Å². The van der Waals surface area contributed by atoms with Crippen molar-refractivity contribution in [3.05, 3.63) is 54.3 Å². The van der Waals surface area contributed by atoms with Crippen molar-refractivity contribution in [3.63, 3.8) is 0 Å². The fourth-order valence-corrected chi connectivity index (χ4v) is 4.88. The minimum Gasteiger partial charge on any atom is -0.327 e. The number of benzene rings is 1. The maximum Gasteiger partial charge on any atom is 0.110 e. The number of hydrogen-bond acceptors (Lipinski definition) is 2. The van der Waals surface area contributed by atoms with Gasteiger partial charge in [0.2, 0.25) is 0 Å². The zero-order chi connectivity index (χ0) is 16.7. The molecule has 1 aromatic carbocycles. The molecular weight excluding hydrogens is 294 g/mol. The third-order valence-electron chi connectivity index (χ3n) is 5.76. The minimum absolute atomic E-state index is 0.382. The molecule has 2 heterocycles. The molecule has 0 N–H and O–H groups in total. The van der Waals surface area contributed by atoms with Crippen LogP contribution in [-0.2, 0) is 13.0 Å². The van der Waals surface area contributed by atoms with Crippen LogP contribution in [0, 0.1) is 11.3 Å². The highest BCUT2D eigenvalue weighted by Crippen LogP contribution is 2.45. The van der Waals surface area contributed by atoms with Crippen LogP contribution in [0.1, 0.15) is 35.6 Å². The normalized spacial score (nSPS) is 22.8. The molecule has 1 saturated heterocycles. The average molecular weight is 317 g/mol. The molecule has 0 unspecified atom stereocenters. The van der Waals surface area contributed by atoms with Crippen molar-refractivity contribution in [2.75, 3.05) is 13.1 Å². The molecule has 122 valence electrons. The zero-order valence-electron chi connectivity index (χ0n) is 14.0. The van der Waals surface area contributed by atoms with Gasteiger partial charge in [0.1, 0.15) is 6.54 Å². The number of likely N-dealkylation sites (tertiary alicyclic amines) is 1. The van der Waals surface area contributed by atoms with Crippen LogP contribution in [0.3, 0.4) is 0 Å². The van der Waals surface area contributed by atoms with E-state index < -0.39 is 0 Å². The lowest BCUT2D eigenvalue weighted by molar-refractivity contribution is 0.139. The van der Waals surface area contributed by atoms with Gasteiger partial charge < -0.3 is 4.57 Å². The topological polar surface area (TPSA) is 32.0 Å². The van der Waals surface area contributed by atoms with Crippen molar-refractivity contribution >= 4 is 17.0 Å². The van der Waals surface area contributed by atoms with Gasteiger partial charge in [0.05, 0.1) is 11.6 Å². The van der Waals surface area contributed by atoms with E-state index in [2.05, 4.69) is 46.9 Å². The molecule has 1 fully saturated rings. The van der Waals surface area contributed by atoms with Gasteiger partial charge in [-0.05, 0) is 49.1 Å². The molecule has 2 aliphatic rings. The first-order valence-electron chi connectivity index (χ1n) is 8.78. The molecular formula is C21H23N3. The van der Waals surface area contributed by atoms with E-state index >= 15 is 0 Å². The van der Waals surface area contributed by atoms with Crippen molar-refractivity contribution in [1.82, 2.24) is 9.47 Å². The second kappa shape index (κ2) is 5.96. The Kier molecular flexibility index (Phi) is 3.78. The summed E-state index contributed by atoms with van der Waals surface area (Å²) >= 11 is 0. The van der Waals surface area contributed by atoms with Gasteiger partial charge in [0, 0.05) is 29.6 Å². The highest BCUT2D eigenvalue weighted by atomic mass is 15.2. The van der Waals surface area contributed by atoms with Crippen LogP contribution >= 0.6 is 0 Å². The lowest BCUT2D eigenvalue weighted by Gasteiger charge is -2.44. The Hall–Kier alpha value is -2.31.